The summed E-state index contributed by atoms with van der Waals surface area (Å²) in [5, 5.41) is 0. The van der Waals surface area contributed by atoms with Gasteiger partial charge in [-0.05, 0) is 37.5 Å². The molecular weight excluding hydrogens is 200 g/mol. The van der Waals surface area contributed by atoms with Crippen LogP contribution >= 0.6 is 0 Å². The molecule has 16 heavy (non-hydrogen) atoms. The van der Waals surface area contributed by atoms with E-state index in [1.807, 2.05) is 0 Å². The summed E-state index contributed by atoms with van der Waals surface area (Å²) < 4.78 is 5.93. The predicted molar refractivity (Wildman–Crippen MR) is 64.2 cm³/mol. The van der Waals surface area contributed by atoms with Crippen LogP contribution in [0.15, 0.2) is 0 Å². The third-order valence-electron chi connectivity index (χ3n) is 4.66. The second-order valence-electron chi connectivity index (χ2n) is 5.95. The van der Waals surface area contributed by atoms with Crippen molar-refractivity contribution >= 4 is 0 Å². The summed E-state index contributed by atoms with van der Waals surface area (Å²) in [7, 11) is 0. The molecule has 2 saturated heterocycles. The molecule has 0 radical (unpaired) electrons. The van der Waals surface area contributed by atoms with Gasteiger partial charge in [-0.2, -0.15) is 0 Å². The van der Waals surface area contributed by atoms with E-state index in [0.717, 1.165) is 18.9 Å². The summed E-state index contributed by atoms with van der Waals surface area (Å²) in [5.41, 5.74) is 6.09. The average molecular weight is 224 g/mol. The van der Waals surface area contributed by atoms with E-state index in [4.69, 9.17) is 10.5 Å². The highest BCUT2D eigenvalue weighted by Gasteiger charge is 2.44. The van der Waals surface area contributed by atoms with Crippen molar-refractivity contribution in [2.24, 2.45) is 17.6 Å². The minimum Gasteiger partial charge on any atom is -0.376 e. The second-order valence-corrected chi connectivity index (χ2v) is 5.95. The van der Waals surface area contributed by atoms with Crippen LogP contribution < -0.4 is 5.73 Å². The molecule has 0 amide bonds. The zero-order valence-corrected chi connectivity index (χ0v) is 10.3. The normalized spacial score (nSPS) is 46.1. The van der Waals surface area contributed by atoms with Gasteiger partial charge in [-0.25, -0.2) is 0 Å². The Balaban J connectivity index is 1.63. The van der Waals surface area contributed by atoms with E-state index in [-0.39, 0.29) is 0 Å². The molecule has 0 aromatic carbocycles. The monoisotopic (exact) mass is 224 g/mol. The van der Waals surface area contributed by atoms with Gasteiger partial charge in [0, 0.05) is 31.8 Å². The maximum absolute atomic E-state index is 6.09. The molecule has 0 aromatic heterocycles. The maximum atomic E-state index is 6.09. The molecule has 2 aliphatic heterocycles. The van der Waals surface area contributed by atoms with Crippen LogP contribution in [0.4, 0.5) is 0 Å². The Labute approximate surface area is 98.3 Å². The molecule has 3 heteroatoms. The zero-order chi connectivity index (χ0) is 11.1. The summed E-state index contributed by atoms with van der Waals surface area (Å²) in [6.07, 6.45) is 5.73. The highest BCUT2D eigenvalue weighted by molar-refractivity contribution is 4.96. The SMILES string of the molecule is CC1CN(C2CCOC2C2CC2)CCC1N. The number of piperidine rings is 1. The minimum atomic E-state index is 0.415. The molecule has 92 valence electrons. The molecular formula is C13H24N2O. The van der Waals surface area contributed by atoms with E-state index in [9.17, 15) is 0 Å². The molecule has 3 fully saturated rings. The molecule has 0 spiro atoms. The third kappa shape index (κ3) is 2.01. The third-order valence-corrected chi connectivity index (χ3v) is 4.66. The predicted octanol–water partition coefficient (Wildman–Crippen LogP) is 1.22. The standard InChI is InChI=1S/C13H24N2O/c1-9-8-15(6-4-11(9)14)12-5-7-16-13(12)10-2-3-10/h9-13H,2-8,14H2,1H3. The van der Waals surface area contributed by atoms with Crippen molar-refractivity contribution in [3.05, 3.63) is 0 Å². The van der Waals surface area contributed by atoms with Crippen LogP contribution in [-0.4, -0.2) is 42.8 Å². The molecule has 4 atom stereocenters. The van der Waals surface area contributed by atoms with E-state index in [1.54, 1.807) is 0 Å². The van der Waals surface area contributed by atoms with Gasteiger partial charge in [-0.15, -0.1) is 0 Å². The Morgan fingerprint density at radius 1 is 1.19 bits per heavy atom. The van der Waals surface area contributed by atoms with E-state index in [2.05, 4.69) is 11.8 Å². The molecule has 0 bridgehead atoms. The number of nitrogens with two attached hydrogens (primary N) is 1. The lowest BCUT2D eigenvalue weighted by Crippen LogP contribution is -2.52. The minimum absolute atomic E-state index is 0.415. The Hall–Kier alpha value is -0.120. The van der Waals surface area contributed by atoms with Gasteiger partial charge in [0.2, 0.25) is 0 Å². The molecule has 3 aliphatic rings. The highest BCUT2D eigenvalue weighted by atomic mass is 16.5. The zero-order valence-electron chi connectivity index (χ0n) is 10.3. The number of hydrogen-bond acceptors (Lipinski definition) is 3. The first-order chi connectivity index (χ1) is 7.75. The lowest BCUT2D eigenvalue weighted by atomic mass is 9.92. The van der Waals surface area contributed by atoms with E-state index in [1.165, 1.54) is 32.4 Å². The maximum Gasteiger partial charge on any atom is 0.0759 e. The second kappa shape index (κ2) is 4.28. The Bertz CT molecular complexity index is 254. The lowest BCUT2D eigenvalue weighted by molar-refractivity contribution is 0.0280. The fourth-order valence-electron chi connectivity index (χ4n) is 3.36. The van der Waals surface area contributed by atoms with Crippen molar-refractivity contribution in [2.45, 2.75) is 50.8 Å². The molecule has 2 N–H and O–H groups in total. The molecule has 4 unspecified atom stereocenters. The van der Waals surface area contributed by atoms with Crippen LogP contribution in [0.2, 0.25) is 0 Å². The van der Waals surface area contributed by atoms with E-state index >= 15 is 0 Å². The largest absolute Gasteiger partial charge is 0.376 e. The van der Waals surface area contributed by atoms with Crippen molar-refractivity contribution in [3.63, 3.8) is 0 Å². The van der Waals surface area contributed by atoms with Crippen molar-refractivity contribution < 1.29 is 4.74 Å². The molecule has 1 aliphatic carbocycles. The molecule has 0 aromatic rings. The number of rotatable bonds is 2. The topological polar surface area (TPSA) is 38.5 Å². The van der Waals surface area contributed by atoms with Crippen LogP contribution in [0.5, 0.6) is 0 Å². The van der Waals surface area contributed by atoms with Gasteiger partial charge in [0.1, 0.15) is 0 Å². The molecule has 3 nitrogen and oxygen atoms in total. The molecule has 1 saturated carbocycles. The highest BCUT2D eigenvalue weighted by Crippen LogP contribution is 2.41. The Morgan fingerprint density at radius 2 is 2.00 bits per heavy atom. The van der Waals surface area contributed by atoms with Crippen LogP contribution in [0.3, 0.4) is 0 Å². The summed E-state index contributed by atoms with van der Waals surface area (Å²) >= 11 is 0. The Kier molecular flexibility index (Phi) is 2.94. The van der Waals surface area contributed by atoms with Gasteiger partial charge >= 0.3 is 0 Å². The van der Waals surface area contributed by atoms with Crippen LogP contribution in [0.1, 0.15) is 32.6 Å². The summed E-state index contributed by atoms with van der Waals surface area (Å²) in [5.74, 6) is 1.52. The smallest absolute Gasteiger partial charge is 0.0759 e. The van der Waals surface area contributed by atoms with Crippen molar-refractivity contribution in [2.75, 3.05) is 19.7 Å². The summed E-state index contributed by atoms with van der Waals surface area (Å²) in [4.78, 5) is 2.66. The van der Waals surface area contributed by atoms with E-state index < -0.39 is 0 Å². The molecule has 2 heterocycles. The van der Waals surface area contributed by atoms with Gasteiger partial charge in [0.25, 0.3) is 0 Å². The first kappa shape index (κ1) is 11.0. The quantitative estimate of drug-likeness (QED) is 0.766. The van der Waals surface area contributed by atoms with Crippen LogP contribution in [0.25, 0.3) is 0 Å². The number of hydrogen-bond donors (Lipinski definition) is 1. The van der Waals surface area contributed by atoms with Gasteiger partial charge in [0.15, 0.2) is 0 Å². The first-order valence-electron chi connectivity index (χ1n) is 6.87. The van der Waals surface area contributed by atoms with Gasteiger partial charge in [-0.3, -0.25) is 4.90 Å². The average Bonchev–Trinajstić information content (AvgIpc) is 3.01. The van der Waals surface area contributed by atoms with E-state index in [0.29, 0.717) is 24.1 Å². The van der Waals surface area contributed by atoms with Gasteiger partial charge < -0.3 is 10.5 Å². The Morgan fingerprint density at radius 3 is 2.69 bits per heavy atom. The van der Waals surface area contributed by atoms with Crippen molar-refractivity contribution in [3.8, 4) is 0 Å². The fourth-order valence-corrected chi connectivity index (χ4v) is 3.36. The van der Waals surface area contributed by atoms with Crippen molar-refractivity contribution in [1.82, 2.24) is 4.90 Å². The number of nitrogens with zero attached hydrogens (tertiary/aromatic N) is 1. The summed E-state index contributed by atoms with van der Waals surface area (Å²) in [6, 6.07) is 1.11. The fraction of sp³-hybridized carbons (Fsp3) is 1.00. The summed E-state index contributed by atoms with van der Waals surface area (Å²) in [6.45, 7) is 5.63. The van der Waals surface area contributed by atoms with Crippen molar-refractivity contribution in [1.29, 1.82) is 0 Å². The van der Waals surface area contributed by atoms with Gasteiger partial charge in [0.05, 0.1) is 6.10 Å². The first-order valence-corrected chi connectivity index (χ1v) is 6.87. The van der Waals surface area contributed by atoms with Crippen LogP contribution in [0, 0.1) is 11.8 Å². The lowest BCUT2D eigenvalue weighted by Gasteiger charge is -2.40. The molecule has 3 rings (SSSR count). The van der Waals surface area contributed by atoms with Gasteiger partial charge in [-0.1, -0.05) is 6.92 Å². The van der Waals surface area contributed by atoms with Crippen LogP contribution in [-0.2, 0) is 4.74 Å². The number of ether oxygens (including phenoxy) is 1. The number of likely N-dealkylation sites (tertiary alicyclic amines) is 1.